The number of esters is 1. The minimum absolute atomic E-state index is 0.188. The van der Waals surface area contributed by atoms with E-state index in [1.54, 1.807) is 32.0 Å². The molecule has 1 aliphatic heterocycles. The highest BCUT2D eigenvalue weighted by atomic mass is 79.9. The first kappa shape index (κ1) is 30.0. The molecule has 13 heteroatoms. The van der Waals surface area contributed by atoms with Crippen LogP contribution in [0.15, 0.2) is 55.6 Å². The van der Waals surface area contributed by atoms with Gasteiger partial charge in [0.15, 0.2) is 18.1 Å². The van der Waals surface area contributed by atoms with E-state index in [0.29, 0.717) is 35.1 Å². The summed E-state index contributed by atoms with van der Waals surface area (Å²) in [5, 5.41) is 9.29. The highest BCUT2D eigenvalue weighted by molar-refractivity contribution is 9.11. The maximum absolute atomic E-state index is 12.6. The van der Waals surface area contributed by atoms with Gasteiger partial charge < -0.3 is 29.6 Å². The number of benzene rings is 2. The molecule has 1 atom stereocenters. The minimum atomic E-state index is -0.763. The second-order valence-corrected chi connectivity index (χ2v) is 9.74. The predicted molar refractivity (Wildman–Crippen MR) is 151 cm³/mol. The van der Waals surface area contributed by atoms with Crippen molar-refractivity contribution in [2.24, 2.45) is 5.10 Å². The number of nitrogens with one attached hydrogen (secondary N) is 3. The molecule has 0 spiro atoms. The summed E-state index contributed by atoms with van der Waals surface area (Å²) in [7, 11) is 1.44. The fourth-order valence-corrected chi connectivity index (χ4v) is 5.15. The van der Waals surface area contributed by atoms with Crippen LogP contribution < -0.4 is 30.3 Å². The molecule has 0 aliphatic carbocycles. The van der Waals surface area contributed by atoms with Crippen molar-refractivity contribution in [1.82, 2.24) is 16.1 Å². The molecule has 0 bridgehead atoms. The SMILES string of the molecule is CCOC(=O)C1=C(C)NC(=O)N[C@H]1c1ccc(OCC(=O)N/N=C\c2cc(Br)c(OCC)c(Br)c2)c(OC)c1. The topological polar surface area (TPSA) is 137 Å². The summed E-state index contributed by atoms with van der Waals surface area (Å²) in [5.74, 6) is 0.238. The molecular formula is C26H28Br2N4O7. The Morgan fingerprint density at radius 2 is 1.79 bits per heavy atom. The number of hydrogen-bond donors (Lipinski definition) is 3. The number of halogens is 2. The van der Waals surface area contributed by atoms with Crippen molar-refractivity contribution in [3.05, 3.63) is 61.7 Å². The zero-order valence-corrected chi connectivity index (χ0v) is 24.9. The third-order valence-corrected chi connectivity index (χ3v) is 6.53. The Kier molecular flexibility index (Phi) is 10.8. The molecule has 11 nitrogen and oxygen atoms in total. The maximum Gasteiger partial charge on any atom is 0.338 e. The zero-order chi connectivity index (χ0) is 28.5. The number of allylic oxidation sites excluding steroid dienone is 1. The third kappa shape index (κ3) is 7.73. The zero-order valence-electron chi connectivity index (χ0n) is 21.7. The second-order valence-electron chi connectivity index (χ2n) is 8.03. The van der Waals surface area contributed by atoms with Crippen LogP contribution in [0.1, 0.15) is 37.9 Å². The van der Waals surface area contributed by atoms with E-state index >= 15 is 0 Å². The lowest BCUT2D eigenvalue weighted by Crippen LogP contribution is -2.45. The van der Waals surface area contributed by atoms with Crippen molar-refractivity contribution < 1.29 is 33.3 Å². The van der Waals surface area contributed by atoms with Crippen LogP contribution in [0.5, 0.6) is 17.2 Å². The quantitative estimate of drug-likeness (QED) is 0.184. The van der Waals surface area contributed by atoms with Crippen molar-refractivity contribution in [3.63, 3.8) is 0 Å². The van der Waals surface area contributed by atoms with Gasteiger partial charge in [0.1, 0.15) is 5.75 Å². The number of hydrazone groups is 1. The Morgan fingerprint density at radius 1 is 1.08 bits per heavy atom. The van der Waals surface area contributed by atoms with E-state index in [0.717, 1.165) is 14.5 Å². The Labute approximate surface area is 242 Å². The van der Waals surface area contributed by atoms with Gasteiger partial charge in [-0.2, -0.15) is 5.10 Å². The highest BCUT2D eigenvalue weighted by Crippen LogP contribution is 2.35. The number of ether oxygens (including phenoxy) is 4. The van der Waals surface area contributed by atoms with Crippen LogP contribution in [-0.2, 0) is 14.3 Å². The summed E-state index contributed by atoms with van der Waals surface area (Å²) in [6.45, 7) is 5.60. The molecule has 0 radical (unpaired) electrons. The van der Waals surface area contributed by atoms with E-state index in [2.05, 4.69) is 53.0 Å². The average molecular weight is 668 g/mol. The number of amides is 3. The highest BCUT2D eigenvalue weighted by Gasteiger charge is 2.32. The Bertz CT molecular complexity index is 1290. The van der Waals surface area contributed by atoms with Crippen LogP contribution >= 0.6 is 31.9 Å². The van der Waals surface area contributed by atoms with Gasteiger partial charge in [0.25, 0.3) is 5.91 Å². The molecule has 0 saturated carbocycles. The van der Waals surface area contributed by atoms with E-state index in [9.17, 15) is 14.4 Å². The molecule has 2 aromatic rings. The molecule has 39 heavy (non-hydrogen) atoms. The monoisotopic (exact) mass is 666 g/mol. The standard InChI is InChI=1S/C26H28Br2N4O7/c1-5-37-24-17(27)9-15(10-18(24)28)12-29-32-21(33)13-39-19-8-7-16(11-20(19)36-4)23-22(25(34)38-6-2)14(3)30-26(35)31-23/h7-12,23H,5-6,13H2,1-4H3,(H,32,33)(H2,30,31,35)/b29-12-/t23-/m0/s1. The first-order chi connectivity index (χ1) is 18.7. The maximum atomic E-state index is 12.6. The van der Waals surface area contributed by atoms with Crippen molar-refractivity contribution in [2.75, 3.05) is 26.9 Å². The summed E-state index contributed by atoms with van der Waals surface area (Å²) in [5.41, 5.74) is 4.37. The van der Waals surface area contributed by atoms with E-state index in [1.807, 2.05) is 19.1 Å². The fraction of sp³-hybridized carbons (Fsp3) is 0.308. The van der Waals surface area contributed by atoms with Crippen LogP contribution in [0, 0.1) is 0 Å². The van der Waals surface area contributed by atoms with E-state index in [4.69, 9.17) is 18.9 Å². The minimum Gasteiger partial charge on any atom is -0.493 e. The van der Waals surface area contributed by atoms with Crippen LogP contribution in [0.4, 0.5) is 4.79 Å². The molecule has 0 unspecified atom stereocenters. The molecular weight excluding hydrogens is 640 g/mol. The van der Waals surface area contributed by atoms with Gasteiger partial charge in [-0.05, 0) is 88.0 Å². The van der Waals surface area contributed by atoms with Gasteiger partial charge in [-0.1, -0.05) is 6.07 Å². The lowest BCUT2D eigenvalue weighted by Gasteiger charge is -2.28. The molecule has 3 rings (SSSR count). The molecule has 0 saturated heterocycles. The molecule has 208 valence electrons. The number of hydrogen-bond acceptors (Lipinski definition) is 8. The van der Waals surface area contributed by atoms with Gasteiger partial charge in [-0.25, -0.2) is 15.0 Å². The van der Waals surface area contributed by atoms with E-state index in [1.165, 1.54) is 13.3 Å². The number of carbonyl (C=O) groups excluding carboxylic acids is 3. The van der Waals surface area contributed by atoms with Crippen LogP contribution in [-0.4, -0.2) is 51.1 Å². The van der Waals surface area contributed by atoms with Crippen molar-refractivity contribution in [3.8, 4) is 17.2 Å². The lowest BCUT2D eigenvalue weighted by atomic mass is 9.95. The third-order valence-electron chi connectivity index (χ3n) is 5.36. The Hall–Kier alpha value is -3.58. The summed E-state index contributed by atoms with van der Waals surface area (Å²) < 4.78 is 23.3. The smallest absolute Gasteiger partial charge is 0.338 e. The molecule has 1 heterocycles. The predicted octanol–water partition coefficient (Wildman–Crippen LogP) is 4.34. The largest absolute Gasteiger partial charge is 0.493 e. The van der Waals surface area contributed by atoms with Crippen molar-refractivity contribution in [2.45, 2.75) is 26.8 Å². The van der Waals surface area contributed by atoms with Gasteiger partial charge in [-0.15, -0.1) is 0 Å². The van der Waals surface area contributed by atoms with Gasteiger partial charge >= 0.3 is 12.0 Å². The normalized spacial score (nSPS) is 14.9. The van der Waals surface area contributed by atoms with Crippen molar-refractivity contribution in [1.29, 1.82) is 0 Å². The lowest BCUT2D eigenvalue weighted by molar-refractivity contribution is -0.139. The molecule has 3 N–H and O–H groups in total. The van der Waals surface area contributed by atoms with Gasteiger partial charge in [0.2, 0.25) is 0 Å². The van der Waals surface area contributed by atoms with Crippen LogP contribution in [0.2, 0.25) is 0 Å². The fourth-order valence-electron chi connectivity index (χ4n) is 3.70. The van der Waals surface area contributed by atoms with Crippen LogP contribution in [0.3, 0.4) is 0 Å². The number of methoxy groups -OCH3 is 1. The number of nitrogens with zero attached hydrogens (tertiary/aromatic N) is 1. The number of carbonyl (C=O) groups is 3. The summed E-state index contributed by atoms with van der Waals surface area (Å²) in [4.78, 5) is 37.0. The molecule has 0 fully saturated rings. The summed E-state index contributed by atoms with van der Waals surface area (Å²) >= 11 is 6.91. The first-order valence-corrected chi connectivity index (χ1v) is 13.5. The second kappa shape index (κ2) is 14.0. The number of rotatable bonds is 11. The summed E-state index contributed by atoms with van der Waals surface area (Å²) in [6.07, 6.45) is 1.49. The Morgan fingerprint density at radius 3 is 2.44 bits per heavy atom. The van der Waals surface area contributed by atoms with Gasteiger partial charge in [0.05, 0.1) is 47.1 Å². The summed E-state index contributed by atoms with van der Waals surface area (Å²) in [6, 6.07) is 7.28. The molecule has 0 aromatic heterocycles. The number of urea groups is 1. The molecule has 1 aliphatic rings. The van der Waals surface area contributed by atoms with Gasteiger partial charge in [-0.3, -0.25) is 4.79 Å². The first-order valence-electron chi connectivity index (χ1n) is 11.9. The molecule has 3 amide bonds. The average Bonchev–Trinajstić information content (AvgIpc) is 2.89. The molecule has 2 aromatic carbocycles. The van der Waals surface area contributed by atoms with Crippen LogP contribution in [0.25, 0.3) is 0 Å². The van der Waals surface area contributed by atoms with Gasteiger partial charge in [0, 0.05) is 5.70 Å². The van der Waals surface area contributed by atoms with E-state index in [-0.39, 0.29) is 18.8 Å². The van der Waals surface area contributed by atoms with E-state index < -0.39 is 23.9 Å². The van der Waals surface area contributed by atoms with Crippen molar-refractivity contribution >= 4 is 56.0 Å². The Balaban J connectivity index is 1.67.